The summed E-state index contributed by atoms with van der Waals surface area (Å²) >= 11 is 1.76. The highest BCUT2D eigenvalue weighted by molar-refractivity contribution is 7.98. The highest BCUT2D eigenvalue weighted by atomic mass is 32.2. The van der Waals surface area contributed by atoms with Crippen molar-refractivity contribution in [2.45, 2.75) is 43.8 Å². The van der Waals surface area contributed by atoms with Gasteiger partial charge in [0.05, 0.1) is 11.2 Å². The summed E-state index contributed by atoms with van der Waals surface area (Å²) in [7, 11) is -0.313. The Labute approximate surface area is 131 Å². The monoisotopic (exact) mass is 300 g/mol. The van der Waals surface area contributed by atoms with E-state index in [9.17, 15) is 0 Å². The van der Waals surface area contributed by atoms with E-state index in [1.165, 1.54) is 15.7 Å². The molecule has 1 aliphatic heterocycles. The summed E-state index contributed by atoms with van der Waals surface area (Å²) in [4.78, 5) is 1.26. The Morgan fingerprint density at radius 3 is 2.05 bits per heavy atom. The number of hydrogen-bond donors (Lipinski definition) is 0. The zero-order valence-corrected chi connectivity index (χ0v) is 14.1. The molecule has 4 heteroatoms. The fourth-order valence-electron chi connectivity index (χ4n) is 2.67. The molecule has 0 bridgehead atoms. The number of rotatable bonds is 2. The molecular weight excluding hydrogens is 279 g/mol. The van der Waals surface area contributed by atoms with E-state index >= 15 is 0 Å². The Hall–Kier alpha value is -0.965. The van der Waals surface area contributed by atoms with Crippen LogP contribution in [0.3, 0.4) is 0 Å². The molecule has 2 aromatic carbocycles. The highest BCUT2D eigenvalue weighted by Gasteiger charge is 2.52. The second kappa shape index (κ2) is 5.04. The van der Waals surface area contributed by atoms with E-state index < -0.39 is 0 Å². The van der Waals surface area contributed by atoms with Crippen molar-refractivity contribution >= 4 is 35.1 Å². The van der Waals surface area contributed by atoms with Gasteiger partial charge >= 0.3 is 7.12 Å². The molecule has 0 unspecified atom stereocenters. The predicted molar refractivity (Wildman–Crippen MR) is 91.4 cm³/mol. The smallest absolute Gasteiger partial charge is 0.399 e. The van der Waals surface area contributed by atoms with Gasteiger partial charge in [-0.2, -0.15) is 0 Å². The average Bonchev–Trinajstić information content (AvgIpc) is 2.66. The standard InChI is InChI=1S/C17H21BO2S/c1-16(2)17(3,4)20-18(19-16)13-10-6-8-12-9-7-11-14(21-5)15(12)13/h6-11H,1-5H3. The van der Waals surface area contributed by atoms with Gasteiger partial charge in [0.25, 0.3) is 0 Å². The maximum absolute atomic E-state index is 6.23. The first kappa shape index (κ1) is 15.0. The molecule has 3 rings (SSSR count). The summed E-state index contributed by atoms with van der Waals surface area (Å²) in [5, 5.41) is 2.47. The van der Waals surface area contributed by atoms with Gasteiger partial charge < -0.3 is 9.31 Å². The lowest BCUT2D eigenvalue weighted by Crippen LogP contribution is -2.41. The summed E-state index contributed by atoms with van der Waals surface area (Å²) < 4.78 is 12.5. The first-order valence-electron chi connectivity index (χ1n) is 7.27. The minimum atomic E-state index is -0.313. The van der Waals surface area contributed by atoms with Gasteiger partial charge in [0.1, 0.15) is 0 Å². The van der Waals surface area contributed by atoms with E-state index in [4.69, 9.17) is 9.31 Å². The maximum atomic E-state index is 6.23. The third-order valence-corrected chi connectivity index (χ3v) is 5.41. The molecule has 110 valence electrons. The fraction of sp³-hybridized carbons (Fsp3) is 0.412. The van der Waals surface area contributed by atoms with E-state index in [2.05, 4.69) is 70.3 Å². The number of hydrogen-bond acceptors (Lipinski definition) is 3. The molecule has 2 nitrogen and oxygen atoms in total. The van der Waals surface area contributed by atoms with Crippen molar-refractivity contribution in [3.63, 3.8) is 0 Å². The molecule has 1 aliphatic rings. The topological polar surface area (TPSA) is 18.5 Å². The van der Waals surface area contributed by atoms with E-state index in [1.54, 1.807) is 11.8 Å². The summed E-state index contributed by atoms with van der Waals surface area (Å²) in [6, 6.07) is 12.7. The van der Waals surface area contributed by atoms with Crippen LogP contribution >= 0.6 is 11.8 Å². The van der Waals surface area contributed by atoms with E-state index in [0.29, 0.717) is 0 Å². The van der Waals surface area contributed by atoms with Gasteiger partial charge in [0, 0.05) is 4.90 Å². The van der Waals surface area contributed by atoms with Crippen molar-refractivity contribution in [1.82, 2.24) is 0 Å². The molecule has 1 fully saturated rings. The van der Waals surface area contributed by atoms with Crippen LogP contribution in [-0.2, 0) is 9.31 Å². The minimum Gasteiger partial charge on any atom is -0.399 e. The van der Waals surface area contributed by atoms with Crippen LogP contribution in [0.5, 0.6) is 0 Å². The Bertz CT molecular complexity index is 660. The number of benzene rings is 2. The van der Waals surface area contributed by atoms with E-state index in [1.807, 2.05) is 0 Å². The van der Waals surface area contributed by atoms with Gasteiger partial charge in [-0.05, 0) is 56.3 Å². The van der Waals surface area contributed by atoms with E-state index in [-0.39, 0.29) is 18.3 Å². The molecule has 21 heavy (non-hydrogen) atoms. The second-order valence-electron chi connectivity index (χ2n) is 6.49. The molecule has 0 aromatic heterocycles. The molecule has 0 aliphatic carbocycles. The number of thioether (sulfide) groups is 1. The molecule has 0 amide bonds. The van der Waals surface area contributed by atoms with Crippen LogP contribution in [0, 0.1) is 0 Å². The first-order valence-corrected chi connectivity index (χ1v) is 8.49. The minimum absolute atomic E-state index is 0.311. The lowest BCUT2D eigenvalue weighted by molar-refractivity contribution is 0.00578. The van der Waals surface area contributed by atoms with Crippen LogP contribution in [0.25, 0.3) is 10.8 Å². The third-order valence-electron chi connectivity index (χ3n) is 4.63. The van der Waals surface area contributed by atoms with Crippen molar-refractivity contribution in [2.24, 2.45) is 0 Å². The molecule has 0 radical (unpaired) electrons. The molecule has 1 saturated heterocycles. The molecule has 2 aromatic rings. The van der Waals surface area contributed by atoms with Crippen LogP contribution in [0.4, 0.5) is 0 Å². The van der Waals surface area contributed by atoms with Crippen LogP contribution in [0.15, 0.2) is 41.3 Å². The lowest BCUT2D eigenvalue weighted by atomic mass is 9.76. The zero-order valence-electron chi connectivity index (χ0n) is 13.3. The zero-order chi connectivity index (χ0) is 15.3. The van der Waals surface area contributed by atoms with Gasteiger partial charge in [0.15, 0.2) is 0 Å². The lowest BCUT2D eigenvalue weighted by Gasteiger charge is -2.32. The number of fused-ring (bicyclic) bond motifs is 1. The molecule has 0 spiro atoms. The fourth-order valence-corrected chi connectivity index (χ4v) is 3.33. The molecule has 0 N–H and O–H groups in total. The first-order chi connectivity index (χ1) is 9.86. The summed E-state index contributed by atoms with van der Waals surface area (Å²) in [6.07, 6.45) is 2.11. The highest BCUT2D eigenvalue weighted by Crippen LogP contribution is 2.37. The average molecular weight is 300 g/mol. The predicted octanol–water partition coefficient (Wildman–Crippen LogP) is 3.86. The Kier molecular flexibility index (Phi) is 3.59. The third kappa shape index (κ3) is 2.39. The van der Waals surface area contributed by atoms with Crippen molar-refractivity contribution < 1.29 is 9.31 Å². The SMILES string of the molecule is CSc1cccc2cccc(B3OC(C)(C)C(C)(C)O3)c12. The van der Waals surface area contributed by atoms with Crippen molar-refractivity contribution in [1.29, 1.82) is 0 Å². The van der Waals surface area contributed by atoms with Crippen molar-refractivity contribution in [2.75, 3.05) is 6.26 Å². The molecule has 1 heterocycles. The van der Waals surface area contributed by atoms with Crippen molar-refractivity contribution in [3.05, 3.63) is 36.4 Å². The van der Waals surface area contributed by atoms with Gasteiger partial charge in [-0.15, -0.1) is 11.8 Å². The van der Waals surface area contributed by atoms with Gasteiger partial charge in [-0.3, -0.25) is 0 Å². The van der Waals surface area contributed by atoms with Gasteiger partial charge in [-0.25, -0.2) is 0 Å². The maximum Gasteiger partial charge on any atom is 0.495 e. The van der Waals surface area contributed by atoms with Crippen molar-refractivity contribution in [3.8, 4) is 0 Å². The summed E-state index contributed by atoms with van der Waals surface area (Å²) in [6.45, 7) is 8.36. The largest absolute Gasteiger partial charge is 0.495 e. The Morgan fingerprint density at radius 1 is 0.905 bits per heavy atom. The van der Waals surface area contributed by atoms with Gasteiger partial charge in [-0.1, -0.05) is 30.3 Å². The summed E-state index contributed by atoms with van der Waals surface area (Å²) in [5.41, 5.74) is 0.499. The van der Waals surface area contributed by atoms with Crippen LogP contribution < -0.4 is 5.46 Å². The molecule has 0 saturated carbocycles. The quantitative estimate of drug-likeness (QED) is 0.620. The Balaban J connectivity index is 2.14. The van der Waals surface area contributed by atoms with Crippen LogP contribution in [0.2, 0.25) is 0 Å². The second-order valence-corrected chi connectivity index (χ2v) is 7.34. The van der Waals surface area contributed by atoms with Gasteiger partial charge in [0.2, 0.25) is 0 Å². The summed E-state index contributed by atoms with van der Waals surface area (Å²) in [5.74, 6) is 0. The van der Waals surface area contributed by atoms with Crippen LogP contribution in [0.1, 0.15) is 27.7 Å². The Morgan fingerprint density at radius 2 is 1.48 bits per heavy atom. The molecular formula is C17H21BO2S. The van der Waals surface area contributed by atoms with E-state index in [0.717, 1.165) is 5.46 Å². The molecule has 0 atom stereocenters. The van der Waals surface area contributed by atoms with Crippen LogP contribution in [-0.4, -0.2) is 24.6 Å². The normalized spacial score (nSPS) is 20.1.